The lowest BCUT2D eigenvalue weighted by molar-refractivity contribution is -0.118. The first-order chi connectivity index (χ1) is 15.5. The summed E-state index contributed by atoms with van der Waals surface area (Å²) in [5.41, 5.74) is 2.23. The van der Waals surface area contributed by atoms with Crippen molar-refractivity contribution in [3.63, 3.8) is 0 Å². The molecule has 2 amide bonds. The summed E-state index contributed by atoms with van der Waals surface area (Å²) < 4.78 is 5.53. The first-order valence-electron chi connectivity index (χ1n) is 11.4. The lowest BCUT2D eigenvalue weighted by atomic mass is 9.97. The Morgan fingerprint density at radius 3 is 2.41 bits per heavy atom. The fourth-order valence-electron chi connectivity index (χ4n) is 4.28. The molecule has 0 aromatic heterocycles. The molecule has 2 saturated heterocycles. The number of amides is 2. The van der Waals surface area contributed by atoms with Gasteiger partial charge in [-0.25, -0.2) is 0 Å². The highest BCUT2D eigenvalue weighted by Gasteiger charge is 2.26. The maximum Gasteiger partial charge on any atom is 0.262 e. The van der Waals surface area contributed by atoms with E-state index in [0.29, 0.717) is 27.9 Å². The van der Waals surface area contributed by atoms with Crippen LogP contribution in [0.1, 0.15) is 43.0 Å². The SMILES string of the molecule is CC1CCN(c2ccc(NC(=O)COc3ccc(Cl)cc3)cc2C(=O)N2CCCC2)CC1. The van der Waals surface area contributed by atoms with Crippen molar-refractivity contribution in [1.82, 2.24) is 4.90 Å². The standard InChI is InChI=1S/C25H30ClN3O3/c1-18-10-14-28(15-11-18)23-9-6-20(16-22(23)25(31)29-12-2-3-13-29)27-24(30)17-32-21-7-4-19(26)5-8-21/h4-9,16,18H,2-3,10-15,17H2,1H3,(H,27,30). The van der Waals surface area contributed by atoms with E-state index in [2.05, 4.69) is 17.1 Å². The van der Waals surface area contributed by atoms with Crippen molar-refractivity contribution in [1.29, 1.82) is 0 Å². The highest BCUT2D eigenvalue weighted by Crippen LogP contribution is 2.30. The lowest BCUT2D eigenvalue weighted by Crippen LogP contribution is -2.35. The highest BCUT2D eigenvalue weighted by molar-refractivity contribution is 6.30. The maximum absolute atomic E-state index is 13.3. The van der Waals surface area contributed by atoms with Gasteiger partial charge in [-0.15, -0.1) is 0 Å². The van der Waals surface area contributed by atoms with Crippen molar-refractivity contribution in [3.05, 3.63) is 53.1 Å². The van der Waals surface area contributed by atoms with Crippen LogP contribution in [0.15, 0.2) is 42.5 Å². The number of likely N-dealkylation sites (tertiary alicyclic amines) is 1. The van der Waals surface area contributed by atoms with Crippen molar-refractivity contribution in [2.24, 2.45) is 5.92 Å². The Morgan fingerprint density at radius 2 is 1.72 bits per heavy atom. The number of rotatable bonds is 6. The molecule has 2 aliphatic rings. The number of hydrogen-bond acceptors (Lipinski definition) is 4. The Balaban J connectivity index is 1.48. The summed E-state index contributed by atoms with van der Waals surface area (Å²) in [6.45, 7) is 5.63. The summed E-state index contributed by atoms with van der Waals surface area (Å²) >= 11 is 5.88. The zero-order valence-electron chi connectivity index (χ0n) is 18.5. The molecule has 2 heterocycles. The largest absolute Gasteiger partial charge is 0.484 e. The van der Waals surface area contributed by atoms with Gasteiger partial charge < -0.3 is 19.9 Å². The normalized spacial score (nSPS) is 16.8. The lowest BCUT2D eigenvalue weighted by Gasteiger charge is -2.34. The molecule has 32 heavy (non-hydrogen) atoms. The molecular weight excluding hydrogens is 426 g/mol. The number of hydrogen-bond donors (Lipinski definition) is 1. The van der Waals surface area contributed by atoms with Gasteiger partial charge in [0.25, 0.3) is 11.8 Å². The summed E-state index contributed by atoms with van der Waals surface area (Å²) in [4.78, 5) is 30.0. The number of halogens is 1. The van der Waals surface area contributed by atoms with E-state index in [4.69, 9.17) is 16.3 Å². The van der Waals surface area contributed by atoms with Crippen LogP contribution in [0.4, 0.5) is 11.4 Å². The van der Waals surface area contributed by atoms with Crippen LogP contribution in [0.25, 0.3) is 0 Å². The van der Waals surface area contributed by atoms with Crippen LogP contribution in [0.5, 0.6) is 5.75 Å². The van der Waals surface area contributed by atoms with E-state index in [-0.39, 0.29) is 18.4 Å². The van der Waals surface area contributed by atoms with Crippen LogP contribution >= 0.6 is 11.6 Å². The van der Waals surface area contributed by atoms with Gasteiger partial charge in [-0.1, -0.05) is 18.5 Å². The van der Waals surface area contributed by atoms with Crippen molar-refractivity contribution >= 4 is 34.8 Å². The van der Waals surface area contributed by atoms with Crippen molar-refractivity contribution in [2.45, 2.75) is 32.6 Å². The molecule has 0 aliphatic carbocycles. The molecule has 6 nitrogen and oxygen atoms in total. The molecule has 2 aromatic carbocycles. The van der Waals surface area contributed by atoms with Gasteiger partial charge in [0, 0.05) is 42.6 Å². The van der Waals surface area contributed by atoms with Gasteiger partial charge in [0.15, 0.2) is 6.61 Å². The molecule has 0 bridgehead atoms. The predicted molar refractivity (Wildman–Crippen MR) is 128 cm³/mol. The van der Waals surface area contributed by atoms with E-state index in [1.165, 1.54) is 0 Å². The van der Waals surface area contributed by atoms with Gasteiger partial charge in [-0.05, 0) is 74.1 Å². The fourth-order valence-corrected chi connectivity index (χ4v) is 4.40. The molecular formula is C25H30ClN3O3. The molecule has 2 fully saturated rings. The molecule has 0 atom stereocenters. The third-order valence-electron chi connectivity index (χ3n) is 6.21. The van der Waals surface area contributed by atoms with Gasteiger partial charge in [0.2, 0.25) is 0 Å². The van der Waals surface area contributed by atoms with Crippen LogP contribution in [0.3, 0.4) is 0 Å². The molecule has 1 N–H and O–H groups in total. The molecule has 2 aromatic rings. The molecule has 7 heteroatoms. The van der Waals surface area contributed by atoms with Gasteiger partial charge in [-0.2, -0.15) is 0 Å². The average molecular weight is 456 g/mol. The van der Waals surface area contributed by atoms with Crippen LogP contribution in [0, 0.1) is 5.92 Å². The topological polar surface area (TPSA) is 61.9 Å². The summed E-state index contributed by atoms with van der Waals surface area (Å²) in [5, 5.41) is 3.48. The highest BCUT2D eigenvalue weighted by atomic mass is 35.5. The van der Waals surface area contributed by atoms with Crippen LogP contribution in [0.2, 0.25) is 5.02 Å². The smallest absolute Gasteiger partial charge is 0.262 e. The Hall–Kier alpha value is -2.73. The number of benzene rings is 2. The number of anilines is 2. The van der Waals surface area contributed by atoms with E-state index < -0.39 is 0 Å². The van der Waals surface area contributed by atoms with Gasteiger partial charge >= 0.3 is 0 Å². The van der Waals surface area contributed by atoms with Gasteiger partial charge in [0.1, 0.15) is 5.75 Å². The minimum Gasteiger partial charge on any atom is -0.484 e. The van der Waals surface area contributed by atoms with E-state index in [1.54, 1.807) is 24.3 Å². The van der Waals surface area contributed by atoms with Crippen LogP contribution < -0.4 is 15.0 Å². The number of carbonyl (C=O) groups is 2. The van der Waals surface area contributed by atoms with E-state index in [9.17, 15) is 9.59 Å². The summed E-state index contributed by atoms with van der Waals surface area (Å²) in [6.07, 6.45) is 4.33. The molecule has 0 saturated carbocycles. The minimum absolute atomic E-state index is 0.0460. The van der Waals surface area contributed by atoms with Crippen molar-refractivity contribution in [3.8, 4) is 5.75 Å². The second-order valence-corrected chi connectivity index (χ2v) is 9.13. The minimum atomic E-state index is -0.279. The van der Waals surface area contributed by atoms with Crippen LogP contribution in [-0.2, 0) is 4.79 Å². The summed E-state index contributed by atoms with van der Waals surface area (Å²) in [5.74, 6) is 1.05. The zero-order valence-corrected chi connectivity index (χ0v) is 19.2. The second kappa shape index (κ2) is 10.3. The summed E-state index contributed by atoms with van der Waals surface area (Å²) in [6, 6.07) is 12.5. The molecule has 170 valence electrons. The first-order valence-corrected chi connectivity index (χ1v) is 11.7. The zero-order chi connectivity index (χ0) is 22.5. The van der Waals surface area contributed by atoms with E-state index >= 15 is 0 Å². The molecule has 0 radical (unpaired) electrons. The van der Waals surface area contributed by atoms with Crippen molar-refractivity contribution < 1.29 is 14.3 Å². The van der Waals surface area contributed by atoms with Crippen LogP contribution in [-0.4, -0.2) is 49.5 Å². The Kier molecular flexibility index (Phi) is 7.20. The Labute approximate surface area is 194 Å². The molecule has 4 rings (SSSR count). The van der Waals surface area contributed by atoms with E-state index in [1.807, 2.05) is 23.1 Å². The maximum atomic E-state index is 13.3. The number of nitrogens with zero attached hydrogens (tertiary/aromatic N) is 2. The number of piperidine rings is 1. The number of carbonyl (C=O) groups excluding carboxylic acids is 2. The molecule has 2 aliphatic heterocycles. The van der Waals surface area contributed by atoms with E-state index in [0.717, 1.165) is 57.5 Å². The number of ether oxygens (including phenoxy) is 1. The third-order valence-corrected chi connectivity index (χ3v) is 6.46. The average Bonchev–Trinajstić information content (AvgIpc) is 3.34. The predicted octanol–water partition coefficient (Wildman–Crippen LogP) is 4.83. The number of nitrogens with one attached hydrogen (secondary N) is 1. The Morgan fingerprint density at radius 1 is 1.03 bits per heavy atom. The Bertz CT molecular complexity index is 949. The molecule has 0 unspecified atom stereocenters. The third kappa shape index (κ3) is 5.54. The van der Waals surface area contributed by atoms with Gasteiger partial charge in [0.05, 0.1) is 5.56 Å². The summed E-state index contributed by atoms with van der Waals surface area (Å²) in [7, 11) is 0. The van der Waals surface area contributed by atoms with Gasteiger partial charge in [-0.3, -0.25) is 9.59 Å². The van der Waals surface area contributed by atoms with Crippen molar-refractivity contribution in [2.75, 3.05) is 43.0 Å². The second-order valence-electron chi connectivity index (χ2n) is 8.69. The quantitative estimate of drug-likeness (QED) is 0.677. The molecule has 0 spiro atoms. The first kappa shape index (κ1) is 22.5. The fraction of sp³-hybridized carbons (Fsp3) is 0.440. The monoisotopic (exact) mass is 455 g/mol.